The number of methoxy groups -OCH3 is 1. The Morgan fingerprint density at radius 1 is 1.43 bits per heavy atom. The Labute approximate surface area is 130 Å². The molecule has 0 spiro atoms. The number of ether oxygens (including phenoxy) is 2. The van der Waals surface area contributed by atoms with Gasteiger partial charge in [-0.1, -0.05) is 31.9 Å². The maximum Gasteiger partial charge on any atom is 0.344 e. The third kappa shape index (κ3) is 5.10. The van der Waals surface area contributed by atoms with Gasteiger partial charge in [0.2, 0.25) is 0 Å². The van der Waals surface area contributed by atoms with E-state index in [4.69, 9.17) is 21.1 Å². The highest BCUT2D eigenvalue weighted by atomic mass is 35.5. The van der Waals surface area contributed by atoms with Gasteiger partial charge in [0.15, 0.2) is 17.6 Å². The number of aliphatic carboxylic acids is 1. The van der Waals surface area contributed by atoms with Crippen molar-refractivity contribution in [2.24, 2.45) is 0 Å². The van der Waals surface area contributed by atoms with E-state index in [0.717, 1.165) is 12.1 Å². The highest BCUT2D eigenvalue weighted by Crippen LogP contribution is 2.37. The van der Waals surface area contributed by atoms with Crippen LogP contribution in [-0.2, 0) is 11.3 Å². The van der Waals surface area contributed by atoms with Crippen molar-refractivity contribution >= 4 is 17.6 Å². The van der Waals surface area contributed by atoms with Crippen LogP contribution in [0.5, 0.6) is 11.5 Å². The van der Waals surface area contributed by atoms with Crippen LogP contribution < -0.4 is 14.8 Å². The van der Waals surface area contributed by atoms with Crippen LogP contribution in [0.4, 0.5) is 0 Å². The SMILES string of the molecule is CCCC(Oc1c(Cl)cc(CNCC)cc1OC)C(=O)O. The van der Waals surface area contributed by atoms with Gasteiger partial charge in [0.05, 0.1) is 12.1 Å². The lowest BCUT2D eigenvalue weighted by atomic mass is 10.1. The summed E-state index contributed by atoms with van der Waals surface area (Å²) in [6, 6.07) is 3.56. The topological polar surface area (TPSA) is 67.8 Å². The predicted molar refractivity (Wildman–Crippen MR) is 82.3 cm³/mol. The van der Waals surface area contributed by atoms with Gasteiger partial charge >= 0.3 is 5.97 Å². The van der Waals surface area contributed by atoms with Crippen LogP contribution in [0.15, 0.2) is 12.1 Å². The second kappa shape index (κ2) is 8.74. The van der Waals surface area contributed by atoms with Gasteiger partial charge in [0.1, 0.15) is 0 Å². The Morgan fingerprint density at radius 2 is 2.14 bits per heavy atom. The minimum atomic E-state index is -1.01. The highest BCUT2D eigenvalue weighted by Gasteiger charge is 2.22. The molecule has 1 atom stereocenters. The lowest BCUT2D eigenvalue weighted by Crippen LogP contribution is -2.27. The van der Waals surface area contributed by atoms with Crippen LogP contribution in [0.3, 0.4) is 0 Å². The third-order valence-electron chi connectivity index (χ3n) is 2.95. The molecule has 6 heteroatoms. The first-order valence-corrected chi connectivity index (χ1v) is 7.37. The Bertz CT molecular complexity index is 479. The molecule has 0 fully saturated rings. The normalized spacial score (nSPS) is 12.0. The molecule has 118 valence electrons. The van der Waals surface area contributed by atoms with E-state index in [0.29, 0.717) is 30.2 Å². The number of nitrogens with one attached hydrogen (secondary N) is 1. The second-order valence-corrected chi connectivity index (χ2v) is 5.03. The Morgan fingerprint density at radius 3 is 2.67 bits per heavy atom. The summed E-state index contributed by atoms with van der Waals surface area (Å²) in [6.45, 7) is 5.41. The van der Waals surface area contributed by atoms with E-state index >= 15 is 0 Å². The molecule has 0 saturated heterocycles. The zero-order valence-corrected chi connectivity index (χ0v) is 13.4. The summed E-state index contributed by atoms with van der Waals surface area (Å²) in [5.41, 5.74) is 0.952. The lowest BCUT2D eigenvalue weighted by molar-refractivity contribution is -0.145. The zero-order valence-electron chi connectivity index (χ0n) is 12.6. The van der Waals surface area contributed by atoms with Crippen LogP contribution in [0.1, 0.15) is 32.3 Å². The summed E-state index contributed by atoms with van der Waals surface area (Å²) in [4.78, 5) is 11.2. The van der Waals surface area contributed by atoms with E-state index in [2.05, 4.69) is 5.32 Å². The van der Waals surface area contributed by atoms with E-state index in [9.17, 15) is 9.90 Å². The molecule has 0 aliphatic carbocycles. The number of carboxylic acid groups (broad SMARTS) is 1. The fourth-order valence-electron chi connectivity index (χ4n) is 1.90. The molecular formula is C15H22ClNO4. The molecular weight excluding hydrogens is 294 g/mol. The molecule has 2 N–H and O–H groups in total. The van der Waals surface area contributed by atoms with Gasteiger partial charge in [0, 0.05) is 6.54 Å². The van der Waals surface area contributed by atoms with E-state index in [1.54, 1.807) is 12.1 Å². The number of hydrogen-bond donors (Lipinski definition) is 2. The van der Waals surface area contributed by atoms with Crippen LogP contribution >= 0.6 is 11.6 Å². The van der Waals surface area contributed by atoms with E-state index in [-0.39, 0.29) is 5.75 Å². The van der Waals surface area contributed by atoms with Gasteiger partial charge in [-0.15, -0.1) is 0 Å². The lowest BCUT2D eigenvalue weighted by Gasteiger charge is -2.18. The average molecular weight is 316 g/mol. The van der Waals surface area contributed by atoms with Crippen LogP contribution in [0, 0.1) is 0 Å². The summed E-state index contributed by atoms with van der Waals surface area (Å²) in [5, 5.41) is 12.7. The quantitative estimate of drug-likeness (QED) is 0.733. The fourth-order valence-corrected chi connectivity index (χ4v) is 2.17. The Kier molecular flexibility index (Phi) is 7.32. The highest BCUT2D eigenvalue weighted by molar-refractivity contribution is 6.32. The minimum absolute atomic E-state index is 0.278. The van der Waals surface area contributed by atoms with Gasteiger partial charge in [-0.25, -0.2) is 4.79 Å². The standard InChI is InChI=1S/C15H22ClNO4/c1-4-6-12(15(18)19)21-14-11(16)7-10(9-17-5-2)8-13(14)20-3/h7-8,12,17H,4-6,9H2,1-3H3,(H,18,19). The smallest absolute Gasteiger partial charge is 0.344 e. The van der Waals surface area contributed by atoms with Crippen molar-refractivity contribution in [3.8, 4) is 11.5 Å². The van der Waals surface area contributed by atoms with Crippen molar-refractivity contribution in [1.82, 2.24) is 5.32 Å². The van der Waals surface area contributed by atoms with Crippen molar-refractivity contribution in [2.75, 3.05) is 13.7 Å². The number of halogens is 1. The van der Waals surface area contributed by atoms with Crippen molar-refractivity contribution < 1.29 is 19.4 Å². The van der Waals surface area contributed by atoms with Crippen molar-refractivity contribution in [2.45, 2.75) is 39.3 Å². The number of carbonyl (C=O) groups is 1. The van der Waals surface area contributed by atoms with Crippen molar-refractivity contribution in [3.63, 3.8) is 0 Å². The molecule has 0 aliphatic rings. The van der Waals surface area contributed by atoms with Gasteiger partial charge in [0.25, 0.3) is 0 Å². The second-order valence-electron chi connectivity index (χ2n) is 4.62. The van der Waals surface area contributed by atoms with Crippen LogP contribution in [0.2, 0.25) is 5.02 Å². The summed E-state index contributed by atoms with van der Waals surface area (Å²) >= 11 is 6.22. The first-order valence-electron chi connectivity index (χ1n) is 7.00. The molecule has 0 radical (unpaired) electrons. The molecule has 0 aromatic heterocycles. The molecule has 21 heavy (non-hydrogen) atoms. The molecule has 5 nitrogen and oxygen atoms in total. The van der Waals surface area contributed by atoms with Crippen molar-refractivity contribution in [1.29, 1.82) is 0 Å². The van der Waals surface area contributed by atoms with E-state index in [1.807, 2.05) is 13.8 Å². The average Bonchev–Trinajstić information content (AvgIpc) is 2.46. The molecule has 0 amide bonds. The number of hydrogen-bond acceptors (Lipinski definition) is 4. The largest absolute Gasteiger partial charge is 0.493 e. The van der Waals surface area contributed by atoms with Gasteiger partial charge in [-0.3, -0.25) is 0 Å². The van der Waals surface area contributed by atoms with Gasteiger partial charge in [-0.2, -0.15) is 0 Å². The Balaban J connectivity index is 3.02. The molecule has 1 unspecified atom stereocenters. The number of rotatable bonds is 9. The molecule has 0 heterocycles. The summed E-state index contributed by atoms with van der Waals surface area (Å²) in [6.07, 6.45) is 0.185. The number of carboxylic acids is 1. The molecule has 1 rings (SSSR count). The van der Waals surface area contributed by atoms with E-state index < -0.39 is 12.1 Å². The number of benzene rings is 1. The maximum atomic E-state index is 11.2. The molecule has 0 aliphatic heterocycles. The monoisotopic (exact) mass is 315 g/mol. The zero-order chi connectivity index (χ0) is 15.8. The summed E-state index contributed by atoms with van der Waals surface area (Å²) in [5.74, 6) is -0.287. The predicted octanol–water partition coefficient (Wildman–Crippen LogP) is 3.09. The van der Waals surface area contributed by atoms with Gasteiger partial charge < -0.3 is 19.9 Å². The molecule has 1 aromatic rings. The van der Waals surface area contributed by atoms with E-state index in [1.165, 1.54) is 7.11 Å². The van der Waals surface area contributed by atoms with Gasteiger partial charge in [-0.05, 0) is 30.7 Å². The molecule has 0 saturated carbocycles. The van der Waals surface area contributed by atoms with Crippen LogP contribution in [0.25, 0.3) is 0 Å². The summed E-state index contributed by atoms with van der Waals surface area (Å²) in [7, 11) is 1.51. The van der Waals surface area contributed by atoms with Crippen LogP contribution in [-0.4, -0.2) is 30.8 Å². The molecule has 0 bridgehead atoms. The minimum Gasteiger partial charge on any atom is -0.493 e. The first-order chi connectivity index (χ1) is 10.0. The van der Waals surface area contributed by atoms with Crippen molar-refractivity contribution in [3.05, 3.63) is 22.7 Å². The molecule has 1 aromatic carbocycles. The Hall–Kier alpha value is -1.46. The summed E-state index contributed by atoms with van der Waals surface area (Å²) < 4.78 is 10.8. The maximum absolute atomic E-state index is 11.2. The third-order valence-corrected chi connectivity index (χ3v) is 3.24. The fraction of sp³-hybridized carbons (Fsp3) is 0.533. The first kappa shape index (κ1) is 17.6.